The first kappa shape index (κ1) is 21.0. The van der Waals surface area contributed by atoms with Gasteiger partial charge in [-0.2, -0.15) is 0 Å². The number of nitrogens with zero attached hydrogens (tertiary/aromatic N) is 3. The minimum atomic E-state index is -0.514. The molecule has 9 nitrogen and oxygen atoms in total. The van der Waals surface area contributed by atoms with Gasteiger partial charge in [0.25, 0.3) is 5.91 Å². The molecule has 2 amide bonds. The molecule has 1 aliphatic rings. The van der Waals surface area contributed by atoms with Gasteiger partial charge in [-0.1, -0.05) is 28.4 Å². The lowest BCUT2D eigenvalue weighted by Gasteiger charge is -2.19. The van der Waals surface area contributed by atoms with Crippen molar-refractivity contribution < 1.29 is 19.1 Å². The maximum Gasteiger partial charge on any atom is 0.278 e. The molecule has 0 saturated carbocycles. The summed E-state index contributed by atoms with van der Waals surface area (Å²) >= 11 is 12.0. The number of carbonyl (C=O) groups excluding carboxylic acids is 2. The van der Waals surface area contributed by atoms with E-state index >= 15 is 0 Å². The Morgan fingerprint density at radius 3 is 2.65 bits per heavy atom. The molecule has 2 aromatic carbocycles. The largest absolute Gasteiger partial charge is 0.486 e. The standard InChI is InChI=1S/C20H17Cl2N5O4/c1-11-19(20(29)24-15-8-12(21)2-4-14(15)22)25-26-27(11)10-18(28)23-13-3-5-16-17(9-13)31-7-6-30-16/h2-5,8-9H,6-7,10H2,1H3,(H,23,28)(H,24,29). The summed E-state index contributed by atoms with van der Waals surface area (Å²) in [5.41, 5.74) is 1.40. The van der Waals surface area contributed by atoms with Crippen LogP contribution in [0.15, 0.2) is 36.4 Å². The topological polar surface area (TPSA) is 107 Å². The van der Waals surface area contributed by atoms with Crippen molar-refractivity contribution in [3.05, 3.63) is 57.8 Å². The molecule has 1 aromatic heterocycles. The van der Waals surface area contributed by atoms with E-state index in [9.17, 15) is 9.59 Å². The van der Waals surface area contributed by atoms with E-state index in [1.807, 2.05) is 0 Å². The second-order valence-electron chi connectivity index (χ2n) is 6.67. The average Bonchev–Trinajstić information content (AvgIpc) is 3.10. The third kappa shape index (κ3) is 4.73. The first-order chi connectivity index (χ1) is 14.9. The molecule has 4 rings (SSSR count). The van der Waals surface area contributed by atoms with Crippen LogP contribution in [0.1, 0.15) is 16.2 Å². The zero-order chi connectivity index (χ0) is 22.0. The summed E-state index contributed by atoms with van der Waals surface area (Å²) in [4.78, 5) is 25.0. The van der Waals surface area contributed by atoms with E-state index in [-0.39, 0.29) is 18.1 Å². The number of nitrogens with one attached hydrogen (secondary N) is 2. The van der Waals surface area contributed by atoms with Gasteiger partial charge in [-0.05, 0) is 37.3 Å². The van der Waals surface area contributed by atoms with Gasteiger partial charge in [0.15, 0.2) is 17.2 Å². The number of anilines is 2. The highest BCUT2D eigenvalue weighted by atomic mass is 35.5. The van der Waals surface area contributed by atoms with Crippen LogP contribution >= 0.6 is 23.2 Å². The molecule has 11 heteroatoms. The van der Waals surface area contributed by atoms with Crippen LogP contribution in [0.5, 0.6) is 11.5 Å². The van der Waals surface area contributed by atoms with E-state index in [0.29, 0.717) is 51.8 Å². The van der Waals surface area contributed by atoms with Gasteiger partial charge in [0.1, 0.15) is 19.8 Å². The summed E-state index contributed by atoms with van der Waals surface area (Å²) in [6.45, 7) is 2.46. The van der Waals surface area contributed by atoms with Crippen molar-refractivity contribution in [1.82, 2.24) is 15.0 Å². The van der Waals surface area contributed by atoms with Crippen molar-refractivity contribution in [2.24, 2.45) is 0 Å². The lowest BCUT2D eigenvalue weighted by atomic mass is 10.2. The van der Waals surface area contributed by atoms with Crippen molar-refractivity contribution in [3.8, 4) is 11.5 Å². The number of ether oxygens (including phenoxy) is 2. The van der Waals surface area contributed by atoms with Crippen LogP contribution in [0, 0.1) is 6.92 Å². The molecule has 0 fully saturated rings. The monoisotopic (exact) mass is 461 g/mol. The summed E-state index contributed by atoms with van der Waals surface area (Å²) in [6.07, 6.45) is 0. The number of hydrogen-bond donors (Lipinski definition) is 2. The molecule has 1 aliphatic heterocycles. The molecule has 31 heavy (non-hydrogen) atoms. The number of rotatable bonds is 5. The van der Waals surface area contributed by atoms with Gasteiger partial charge in [-0.25, -0.2) is 4.68 Å². The zero-order valence-corrected chi connectivity index (χ0v) is 17.8. The third-order valence-corrected chi connectivity index (χ3v) is 5.06. The summed E-state index contributed by atoms with van der Waals surface area (Å²) in [7, 11) is 0. The van der Waals surface area contributed by atoms with Crippen molar-refractivity contribution in [1.29, 1.82) is 0 Å². The lowest BCUT2D eigenvalue weighted by molar-refractivity contribution is -0.117. The van der Waals surface area contributed by atoms with E-state index in [1.54, 1.807) is 37.3 Å². The Balaban J connectivity index is 1.42. The minimum Gasteiger partial charge on any atom is -0.486 e. The highest BCUT2D eigenvalue weighted by molar-refractivity contribution is 6.35. The van der Waals surface area contributed by atoms with E-state index in [2.05, 4.69) is 20.9 Å². The lowest BCUT2D eigenvalue weighted by Crippen LogP contribution is -2.21. The van der Waals surface area contributed by atoms with E-state index in [4.69, 9.17) is 32.7 Å². The molecule has 2 heterocycles. The average molecular weight is 462 g/mol. The molecule has 0 unspecified atom stereocenters. The molecular weight excluding hydrogens is 445 g/mol. The van der Waals surface area contributed by atoms with Crippen LogP contribution in [0.2, 0.25) is 10.0 Å². The predicted molar refractivity (Wildman–Crippen MR) is 115 cm³/mol. The van der Waals surface area contributed by atoms with Gasteiger partial charge in [0, 0.05) is 16.8 Å². The molecule has 0 saturated heterocycles. The van der Waals surface area contributed by atoms with Crippen molar-refractivity contribution in [2.75, 3.05) is 23.8 Å². The summed E-state index contributed by atoms with van der Waals surface area (Å²) in [6, 6.07) is 9.85. The SMILES string of the molecule is Cc1c(C(=O)Nc2cc(Cl)ccc2Cl)nnn1CC(=O)Nc1ccc2c(c1)OCCO2. The molecule has 160 valence electrons. The molecule has 3 aromatic rings. The molecular formula is C20H17Cl2N5O4. The number of benzene rings is 2. The normalized spacial score (nSPS) is 12.4. The van der Waals surface area contributed by atoms with Crippen LogP contribution in [0.4, 0.5) is 11.4 Å². The van der Waals surface area contributed by atoms with Crippen LogP contribution in [0.25, 0.3) is 0 Å². The molecule has 0 bridgehead atoms. The summed E-state index contributed by atoms with van der Waals surface area (Å²) < 4.78 is 12.3. The van der Waals surface area contributed by atoms with Crippen LogP contribution in [0.3, 0.4) is 0 Å². The van der Waals surface area contributed by atoms with Gasteiger partial charge < -0.3 is 20.1 Å². The van der Waals surface area contributed by atoms with Gasteiger partial charge in [0.2, 0.25) is 5.91 Å². The maximum atomic E-state index is 12.6. The molecule has 2 N–H and O–H groups in total. The van der Waals surface area contributed by atoms with Crippen molar-refractivity contribution in [3.63, 3.8) is 0 Å². The van der Waals surface area contributed by atoms with Crippen LogP contribution < -0.4 is 20.1 Å². The fourth-order valence-electron chi connectivity index (χ4n) is 2.95. The zero-order valence-electron chi connectivity index (χ0n) is 16.3. The highest BCUT2D eigenvalue weighted by Crippen LogP contribution is 2.32. The second-order valence-corrected chi connectivity index (χ2v) is 7.51. The van der Waals surface area contributed by atoms with Gasteiger partial charge >= 0.3 is 0 Å². The number of fused-ring (bicyclic) bond motifs is 1. The minimum absolute atomic E-state index is 0.0724. The molecule has 0 atom stereocenters. The fourth-order valence-corrected chi connectivity index (χ4v) is 3.29. The van der Waals surface area contributed by atoms with Crippen molar-refractivity contribution in [2.45, 2.75) is 13.5 Å². The van der Waals surface area contributed by atoms with E-state index in [0.717, 1.165) is 0 Å². The van der Waals surface area contributed by atoms with E-state index < -0.39 is 5.91 Å². The Bertz CT molecular complexity index is 1160. The smallest absolute Gasteiger partial charge is 0.278 e. The Hall–Kier alpha value is -3.30. The van der Waals surface area contributed by atoms with Gasteiger partial charge in [-0.3, -0.25) is 9.59 Å². The number of amides is 2. The fraction of sp³-hybridized carbons (Fsp3) is 0.200. The number of halogens is 2. The Morgan fingerprint density at radius 1 is 1.06 bits per heavy atom. The molecule has 0 radical (unpaired) electrons. The van der Waals surface area contributed by atoms with E-state index in [1.165, 1.54) is 10.7 Å². The molecule has 0 aliphatic carbocycles. The summed E-state index contributed by atoms with van der Waals surface area (Å²) in [5.74, 6) is 0.348. The number of hydrogen-bond acceptors (Lipinski definition) is 6. The first-order valence-corrected chi connectivity index (χ1v) is 10.0. The second kappa shape index (κ2) is 8.83. The van der Waals surface area contributed by atoms with Crippen molar-refractivity contribution >= 4 is 46.4 Å². The Labute approximate surface area is 187 Å². The predicted octanol–water partition coefficient (Wildman–Crippen LogP) is 3.56. The van der Waals surface area contributed by atoms with Crippen LogP contribution in [-0.2, 0) is 11.3 Å². The first-order valence-electron chi connectivity index (χ1n) is 9.26. The van der Waals surface area contributed by atoms with Gasteiger partial charge in [0.05, 0.1) is 16.4 Å². The third-order valence-electron chi connectivity index (χ3n) is 4.49. The van der Waals surface area contributed by atoms with Gasteiger partial charge in [-0.15, -0.1) is 5.10 Å². The quantitative estimate of drug-likeness (QED) is 0.601. The number of carbonyl (C=O) groups is 2. The Morgan fingerprint density at radius 2 is 1.84 bits per heavy atom. The highest BCUT2D eigenvalue weighted by Gasteiger charge is 2.19. The Kier molecular flexibility index (Phi) is 5.97. The van der Waals surface area contributed by atoms with Crippen LogP contribution in [-0.4, -0.2) is 40.0 Å². The maximum absolute atomic E-state index is 12.6. The number of aromatic nitrogens is 3. The summed E-state index contributed by atoms with van der Waals surface area (Å²) in [5, 5.41) is 14.0. The molecule has 0 spiro atoms.